The molecule has 24 heavy (non-hydrogen) atoms. The van der Waals surface area contributed by atoms with Crippen molar-refractivity contribution in [1.82, 2.24) is 0 Å². The minimum atomic E-state index is -0.716. The molecular formula is C17H16BrNO5. The molecule has 0 spiro atoms. The zero-order valence-electron chi connectivity index (χ0n) is 13.4. The second-order valence-corrected chi connectivity index (χ2v) is 6.14. The van der Waals surface area contributed by atoms with Gasteiger partial charge in [0.2, 0.25) is 0 Å². The molecular weight excluding hydrogens is 378 g/mol. The Morgan fingerprint density at radius 3 is 2.54 bits per heavy atom. The van der Waals surface area contributed by atoms with Crippen LogP contribution in [0.15, 0.2) is 37.9 Å². The van der Waals surface area contributed by atoms with Crippen molar-refractivity contribution in [2.45, 2.75) is 20.8 Å². The number of nitrogens with one attached hydrogen (secondary N) is 1. The zero-order chi connectivity index (χ0) is 17.9. The molecule has 1 aromatic carbocycles. The second kappa shape index (κ2) is 7.44. The molecule has 1 amide bonds. The van der Waals surface area contributed by atoms with E-state index >= 15 is 0 Å². The second-order valence-electron chi connectivity index (χ2n) is 5.29. The maximum absolute atomic E-state index is 12.1. The summed E-state index contributed by atoms with van der Waals surface area (Å²) in [6.45, 7) is 4.58. The minimum absolute atomic E-state index is 0.152. The van der Waals surface area contributed by atoms with E-state index in [1.165, 1.54) is 13.0 Å². The summed E-state index contributed by atoms with van der Waals surface area (Å²) >= 11 is 3.35. The van der Waals surface area contributed by atoms with Crippen molar-refractivity contribution in [2.24, 2.45) is 0 Å². The van der Waals surface area contributed by atoms with Crippen molar-refractivity contribution in [3.8, 4) is 0 Å². The predicted molar refractivity (Wildman–Crippen MR) is 92.2 cm³/mol. The van der Waals surface area contributed by atoms with Gasteiger partial charge in [-0.2, -0.15) is 0 Å². The summed E-state index contributed by atoms with van der Waals surface area (Å²) in [5, 5.41) is 2.65. The summed E-state index contributed by atoms with van der Waals surface area (Å²) in [4.78, 5) is 35.2. The Morgan fingerprint density at radius 1 is 1.21 bits per heavy atom. The summed E-state index contributed by atoms with van der Waals surface area (Å²) in [5.74, 6) is -1.03. The molecule has 2 aromatic rings. The predicted octanol–water partition coefficient (Wildman–Crippen LogP) is 3.12. The molecule has 0 saturated carbocycles. The Labute approximate surface area is 146 Å². The van der Waals surface area contributed by atoms with Crippen LogP contribution in [0.4, 0.5) is 5.69 Å². The zero-order valence-corrected chi connectivity index (χ0v) is 15.0. The van der Waals surface area contributed by atoms with Gasteiger partial charge in [0.05, 0.1) is 5.69 Å². The molecule has 0 bridgehead atoms. The number of rotatable bonds is 4. The van der Waals surface area contributed by atoms with Crippen LogP contribution >= 0.6 is 15.9 Å². The smallest absolute Gasteiger partial charge is 0.342 e. The van der Waals surface area contributed by atoms with Gasteiger partial charge in [0.1, 0.15) is 11.3 Å². The van der Waals surface area contributed by atoms with Gasteiger partial charge < -0.3 is 14.5 Å². The van der Waals surface area contributed by atoms with E-state index in [0.29, 0.717) is 11.3 Å². The van der Waals surface area contributed by atoms with Gasteiger partial charge in [0.15, 0.2) is 6.61 Å². The first-order chi connectivity index (χ1) is 11.3. The van der Waals surface area contributed by atoms with Gasteiger partial charge in [-0.3, -0.25) is 4.79 Å². The summed E-state index contributed by atoms with van der Waals surface area (Å²) in [6, 6.07) is 6.66. The number of hydrogen-bond acceptors (Lipinski definition) is 5. The number of benzene rings is 1. The molecule has 0 atom stereocenters. The Balaban J connectivity index is 2.01. The maximum atomic E-state index is 12.1. The lowest BCUT2D eigenvalue weighted by Crippen LogP contribution is -2.22. The lowest BCUT2D eigenvalue weighted by molar-refractivity contribution is -0.119. The molecule has 6 nitrogen and oxygen atoms in total. The quantitative estimate of drug-likeness (QED) is 0.806. The van der Waals surface area contributed by atoms with E-state index < -0.39 is 24.1 Å². The summed E-state index contributed by atoms with van der Waals surface area (Å²) in [6.07, 6.45) is 0. The first kappa shape index (κ1) is 17.9. The largest absolute Gasteiger partial charge is 0.452 e. The number of carbonyl (C=O) groups is 2. The third-order valence-corrected chi connectivity index (χ3v) is 3.93. The van der Waals surface area contributed by atoms with Gasteiger partial charge >= 0.3 is 11.6 Å². The van der Waals surface area contributed by atoms with Crippen molar-refractivity contribution < 1.29 is 18.7 Å². The first-order valence-electron chi connectivity index (χ1n) is 7.12. The molecule has 126 valence electrons. The molecule has 1 N–H and O–H groups in total. The van der Waals surface area contributed by atoms with Crippen molar-refractivity contribution in [3.63, 3.8) is 0 Å². The van der Waals surface area contributed by atoms with E-state index in [4.69, 9.17) is 9.15 Å². The lowest BCUT2D eigenvalue weighted by atomic mass is 10.1. The molecule has 1 heterocycles. The van der Waals surface area contributed by atoms with Gasteiger partial charge in [0.25, 0.3) is 5.91 Å². The maximum Gasteiger partial charge on any atom is 0.342 e. The van der Waals surface area contributed by atoms with Crippen LogP contribution in [0.25, 0.3) is 0 Å². The fourth-order valence-corrected chi connectivity index (χ4v) is 2.77. The molecule has 7 heteroatoms. The van der Waals surface area contributed by atoms with Gasteiger partial charge in [-0.25, -0.2) is 9.59 Å². The monoisotopic (exact) mass is 393 g/mol. The van der Waals surface area contributed by atoms with Gasteiger partial charge in [-0.05, 0) is 60.0 Å². The summed E-state index contributed by atoms with van der Waals surface area (Å²) < 4.78 is 10.6. The molecule has 2 rings (SSSR count). The highest BCUT2D eigenvalue weighted by atomic mass is 79.9. The SMILES string of the molecule is Cc1ccc(NC(=O)COC(=O)c2c(C)cc(=O)oc2C)c(Br)c1. The highest BCUT2D eigenvalue weighted by molar-refractivity contribution is 9.10. The number of hydrogen-bond donors (Lipinski definition) is 1. The minimum Gasteiger partial charge on any atom is -0.452 e. The van der Waals surface area contributed by atoms with Crippen LogP contribution < -0.4 is 10.9 Å². The Morgan fingerprint density at radius 2 is 1.92 bits per heavy atom. The van der Waals surface area contributed by atoms with Crippen molar-refractivity contribution >= 4 is 33.5 Å². The number of halogens is 1. The van der Waals surface area contributed by atoms with E-state index in [1.54, 1.807) is 13.0 Å². The van der Waals surface area contributed by atoms with Crippen LogP contribution in [0.2, 0.25) is 0 Å². The number of ether oxygens (including phenoxy) is 1. The normalized spacial score (nSPS) is 10.3. The lowest BCUT2D eigenvalue weighted by Gasteiger charge is -2.10. The van der Waals surface area contributed by atoms with Crippen LogP contribution in [0.5, 0.6) is 0 Å². The van der Waals surface area contributed by atoms with E-state index in [9.17, 15) is 14.4 Å². The van der Waals surface area contributed by atoms with Crippen LogP contribution in [0.1, 0.15) is 27.2 Å². The highest BCUT2D eigenvalue weighted by Gasteiger charge is 2.18. The van der Waals surface area contributed by atoms with Crippen molar-refractivity contribution in [2.75, 3.05) is 11.9 Å². The molecule has 0 aliphatic rings. The third-order valence-electron chi connectivity index (χ3n) is 3.27. The van der Waals surface area contributed by atoms with E-state index in [1.807, 2.05) is 19.1 Å². The number of anilines is 1. The van der Waals surface area contributed by atoms with Crippen LogP contribution in [-0.4, -0.2) is 18.5 Å². The van der Waals surface area contributed by atoms with E-state index in [2.05, 4.69) is 21.2 Å². The first-order valence-corrected chi connectivity index (χ1v) is 7.91. The molecule has 0 unspecified atom stereocenters. The Kier molecular flexibility index (Phi) is 5.56. The molecule has 0 fully saturated rings. The van der Waals surface area contributed by atoms with Crippen LogP contribution in [0.3, 0.4) is 0 Å². The Hall–Kier alpha value is -2.41. The standard InChI is InChI=1S/C17H16BrNO5/c1-9-4-5-13(12(18)6-9)19-14(20)8-23-17(22)16-10(2)7-15(21)24-11(16)3/h4-7H,8H2,1-3H3,(H,19,20). The fourth-order valence-electron chi connectivity index (χ4n) is 2.17. The molecule has 1 aromatic heterocycles. The van der Waals surface area contributed by atoms with Crippen molar-refractivity contribution in [1.29, 1.82) is 0 Å². The van der Waals surface area contributed by atoms with Gasteiger partial charge in [-0.1, -0.05) is 6.07 Å². The fraction of sp³-hybridized carbons (Fsp3) is 0.235. The summed E-state index contributed by atoms with van der Waals surface area (Å²) in [7, 11) is 0. The third kappa shape index (κ3) is 4.32. The van der Waals surface area contributed by atoms with Gasteiger partial charge in [0, 0.05) is 10.5 Å². The highest BCUT2D eigenvalue weighted by Crippen LogP contribution is 2.23. The topological polar surface area (TPSA) is 85.6 Å². The Bertz CT molecular complexity index is 830. The number of carbonyl (C=O) groups excluding carboxylic acids is 2. The molecule has 0 radical (unpaired) electrons. The molecule has 0 aliphatic carbocycles. The molecule has 0 aliphatic heterocycles. The van der Waals surface area contributed by atoms with Gasteiger partial charge in [-0.15, -0.1) is 0 Å². The number of esters is 1. The van der Waals surface area contributed by atoms with Crippen LogP contribution in [-0.2, 0) is 9.53 Å². The van der Waals surface area contributed by atoms with E-state index in [0.717, 1.165) is 10.0 Å². The van der Waals surface area contributed by atoms with E-state index in [-0.39, 0.29) is 11.3 Å². The van der Waals surface area contributed by atoms with Crippen molar-refractivity contribution in [3.05, 3.63) is 61.6 Å². The number of amides is 1. The van der Waals surface area contributed by atoms with Crippen LogP contribution in [0, 0.1) is 20.8 Å². The average molecular weight is 394 g/mol. The molecule has 0 saturated heterocycles. The average Bonchev–Trinajstić information content (AvgIpc) is 2.47. The number of aryl methyl sites for hydroxylation is 3. The summed E-state index contributed by atoms with van der Waals surface area (Å²) in [5.41, 5.74) is 1.68.